The molecule has 0 N–H and O–H groups in total. The average molecular weight is 136 g/mol. The molecule has 1 rings (SSSR count). The van der Waals surface area contributed by atoms with E-state index in [4.69, 9.17) is 0 Å². The smallest absolute Gasteiger partial charge is 0.0282 e. The fourth-order valence-corrected chi connectivity index (χ4v) is 1.23. The molecule has 0 atom stereocenters. The first kappa shape index (κ1) is 7.59. The first-order chi connectivity index (χ1) is 4.93. The number of hydrogen-bond donors (Lipinski definition) is 0. The molecule has 0 aromatic carbocycles. The second kappa shape index (κ2) is 4.32. The lowest BCUT2D eigenvalue weighted by molar-refractivity contribution is 0.789. The van der Waals surface area contributed by atoms with Crippen LogP contribution in [0.5, 0.6) is 0 Å². The normalized spacial score (nSPS) is 17.1. The largest absolute Gasteiger partial charge is 0.0840 e. The van der Waals surface area contributed by atoms with Crippen molar-refractivity contribution >= 4 is 0 Å². The molecule has 0 amide bonds. The lowest BCUT2D eigenvalue weighted by Crippen LogP contribution is -1.84. The van der Waals surface area contributed by atoms with Gasteiger partial charge in [0.2, 0.25) is 0 Å². The highest BCUT2D eigenvalue weighted by atomic mass is 14.0. The quantitative estimate of drug-likeness (QED) is 0.557. The Balaban J connectivity index is 2.26. The van der Waals surface area contributed by atoms with Gasteiger partial charge in [-0.3, -0.25) is 0 Å². The molecule has 1 aliphatic carbocycles. The highest BCUT2D eigenvalue weighted by Crippen LogP contribution is 2.15. The van der Waals surface area contributed by atoms with Crippen LogP contribution < -0.4 is 0 Å². The number of unbranched alkanes of at least 4 members (excludes halogenated alkanes) is 1. The Kier molecular flexibility index (Phi) is 3.28. The van der Waals surface area contributed by atoms with Gasteiger partial charge in [-0.2, -0.15) is 0 Å². The van der Waals surface area contributed by atoms with Crippen LogP contribution in [-0.2, 0) is 0 Å². The Bertz CT molecular complexity index is 140. The van der Waals surface area contributed by atoms with Crippen molar-refractivity contribution in [3.05, 3.63) is 23.8 Å². The van der Waals surface area contributed by atoms with Gasteiger partial charge in [-0.15, -0.1) is 0 Å². The second-order valence-corrected chi connectivity index (χ2v) is 2.86. The molecule has 0 spiro atoms. The third kappa shape index (κ3) is 2.38. The predicted octanol–water partition coefficient (Wildman–Crippen LogP) is 3.45. The predicted molar refractivity (Wildman–Crippen MR) is 46.0 cm³/mol. The minimum absolute atomic E-state index is 1.25. The molecule has 0 saturated carbocycles. The number of hydrogen-bond acceptors (Lipinski definition) is 0. The monoisotopic (exact) mass is 136 g/mol. The van der Waals surface area contributed by atoms with Crippen molar-refractivity contribution in [2.75, 3.05) is 0 Å². The van der Waals surface area contributed by atoms with E-state index in [2.05, 4.69) is 25.2 Å². The zero-order chi connectivity index (χ0) is 7.23. The Morgan fingerprint density at radius 1 is 1.40 bits per heavy atom. The molecule has 0 heterocycles. The zero-order valence-corrected chi connectivity index (χ0v) is 6.77. The van der Waals surface area contributed by atoms with Crippen molar-refractivity contribution in [1.82, 2.24) is 0 Å². The van der Waals surface area contributed by atoms with Gasteiger partial charge in [-0.25, -0.2) is 0 Å². The molecule has 0 fully saturated rings. The molecule has 0 unspecified atom stereocenters. The fraction of sp³-hybridized carbons (Fsp3) is 0.600. The summed E-state index contributed by atoms with van der Waals surface area (Å²) in [5.74, 6) is 0. The molecule has 10 heavy (non-hydrogen) atoms. The average Bonchev–Trinajstić information content (AvgIpc) is 2.03. The van der Waals surface area contributed by atoms with Crippen LogP contribution in [0.4, 0.5) is 0 Å². The Morgan fingerprint density at radius 3 is 2.90 bits per heavy atom. The molecule has 56 valence electrons. The summed E-state index contributed by atoms with van der Waals surface area (Å²) in [5, 5.41) is 0. The van der Waals surface area contributed by atoms with E-state index in [0.717, 1.165) is 0 Å². The van der Waals surface area contributed by atoms with Gasteiger partial charge >= 0.3 is 0 Å². The molecule has 0 aromatic heterocycles. The van der Waals surface area contributed by atoms with E-state index in [9.17, 15) is 0 Å². The molecule has 0 heteroatoms. The highest BCUT2D eigenvalue weighted by molar-refractivity contribution is 5.21. The van der Waals surface area contributed by atoms with E-state index in [-0.39, 0.29) is 0 Å². The van der Waals surface area contributed by atoms with Crippen molar-refractivity contribution in [2.45, 2.75) is 39.0 Å². The molecular formula is C10H16. The first-order valence-electron chi connectivity index (χ1n) is 4.29. The van der Waals surface area contributed by atoms with Crippen LogP contribution in [0.3, 0.4) is 0 Å². The topological polar surface area (TPSA) is 0 Å². The van der Waals surface area contributed by atoms with E-state index in [0.29, 0.717) is 0 Å². The van der Waals surface area contributed by atoms with Gasteiger partial charge in [0.1, 0.15) is 0 Å². The highest BCUT2D eigenvalue weighted by Gasteiger charge is 1.94. The van der Waals surface area contributed by atoms with E-state index >= 15 is 0 Å². The third-order valence-electron chi connectivity index (χ3n) is 1.89. The lowest BCUT2D eigenvalue weighted by atomic mass is 10.0. The van der Waals surface area contributed by atoms with Gasteiger partial charge < -0.3 is 0 Å². The maximum Gasteiger partial charge on any atom is -0.0282 e. The maximum atomic E-state index is 2.37. The zero-order valence-electron chi connectivity index (χ0n) is 6.77. The van der Waals surface area contributed by atoms with Crippen molar-refractivity contribution in [3.8, 4) is 0 Å². The second-order valence-electron chi connectivity index (χ2n) is 2.86. The number of allylic oxidation sites excluding steroid dienone is 4. The summed E-state index contributed by atoms with van der Waals surface area (Å²) in [7, 11) is 0. The van der Waals surface area contributed by atoms with Crippen molar-refractivity contribution in [3.63, 3.8) is 0 Å². The van der Waals surface area contributed by atoms with Gasteiger partial charge in [-0.1, -0.05) is 37.1 Å². The van der Waals surface area contributed by atoms with Gasteiger partial charge in [0.25, 0.3) is 0 Å². The van der Waals surface area contributed by atoms with Crippen LogP contribution in [0.25, 0.3) is 0 Å². The summed E-state index contributed by atoms with van der Waals surface area (Å²) in [6, 6.07) is 0. The molecule has 0 aromatic rings. The summed E-state index contributed by atoms with van der Waals surface area (Å²) in [6.45, 7) is 2.24. The SMILES string of the molecule is CCCCC1=CCCC=C1. The van der Waals surface area contributed by atoms with Crippen LogP contribution in [-0.4, -0.2) is 0 Å². The van der Waals surface area contributed by atoms with Gasteiger partial charge in [0, 0.05) is 0 Å². The first-order valence-corrected chi connectivity index (χ1v) is 4.29. The van der Waals surface area contributed by atoms with Crippen LogP contribution in [0.15, 0.2) is 23.8 Å². The van der Waals surface area contributed by atoms with Gasteiger partial charge in [0.15, 0.2) is 0 Å². The van der Waals surface area contributed by atoms with Crippen LogP contribution in [0, 0.1) is 0 Å². The summed E-state index contributed by atoms with van der Waals surface area (Å²) in [4.78, 5) is 0. The molecule has 0 aliphatic heterocycles. The Morgan fingerprint density at radius 2 is 2.30 bits per heavy atom. The molecule has 1 aliphatic rings. The minimum atomic E-state index is 1.25. The summed E-state index contributed by atoms with van der Waals surface area (Å²) >= 11 is 0. The summed E-state index contributed by atoms with van der Waals surface area (Å²) in [5.41, 5.74) is 1.55. The summed E-state index contributed by atoms with van der Waals surface area (Å²) < 4.78 is 0. The van der Waals surface area contributed by atoms with Gasteiger partial charge in [0.05, 0.1) is 0 Å². The van der Waals surface area contributed by atoms with Crippen LogP contribution >= 0.6 is 0 Å². The number of rotatable bonds is 3. The van der Waals surface area contributed by atoms with Crippen molar-refractivity contribution in [2.24, 2.45) is 0 Å². The van der Waals surface area contributed by atoms with Crippen LogP contribution in [0.1, 0.15) is 39.0 Å². The Hall–Kier alpha value is -0.520. The minimum Gasteiger partial charge on any atom is -0.0840 e. The van der Waals surface area contributed by atoms with Crippen LogP contribution in [0.2, 0.25) is 0 Å². The molecule has 0 saturated heterocycles. The lowest BCUT2D eigenvalue weighted by Gasteiger charge is -2.04. The van der Waals surface area contributed by atoms with E-state index in [1.165, 1.54) is 32.1 Å². The fourth-order valence-electron chi connectivity index (χ4n) is 1.23. The van der Waals surface area contributed by atoms with E-state index in [1.54, 1.807) is 5.57 Å². The molecular weight excluding hydrogens is 120 g/mol. The molecule has 0 bridgehead atoms. The van der Waals surface area contributed by atoms with E-state index < -0.39 is 0 Å². The summed E-state index contributed by atoms with van der Waals surface area (Å²) in [6.07, 6.45) is 13.4. The maximum absolute atomic E-state index is 2.37. The van der Waals surface area contributed by atoms with E-state index in [1.807, 2.05) is 0 Å². The van der Waals surface area contributed by atoms with Gasteiger partial charge in [-0.05, 0) is 25.7 Å². The third-order valence-corrected chi connectivity index (χ3v) is 1.89. The molecule has 0 nitrogen and oxygen atoms in total. The molecule has 0 radical (unpaired) electrons. The van der Waals surface area contributed by atoms with Crippen molar-refractivity contribution < 1.29 is 0 Å². The van der Waals surface area contributed by atoms with Crippen molar-refractivity contribution in [1.29, 1.82) is 0 Å². The standard InChI is InChI=1S/C10H16/c1-2-3-7-10-8-5-4-6-9-10/h5,8-9H,2-4,6-7H2,1H3. The Labute approximate surface area is 63.6 Å².